The Morgan fingerprint density at radius 3 is 2.15 bits per heavy atom. The number of nitrogens with zero attached hydrogens (tertiary/aromatic N) is 1. The van der Waals surface area contributed by atoms with E-state index in [1.54, 1.807) is 21.3 Å². The summed E-state index contributed by atoms with van der Waals surface area (Å²) in [5.41, 5.74) is 4.38. The number of nitrogens with one attached hydrogen (secondary N) is 1. The van der Waals surface area contributed by atoms with Crippen LogP contribution in [0.2, 0.25) is 0 Å². The number of benzene rings is 2. The Morgan fingerprint density at radius 2 is 1.59 bits per heavy atom. The number of ether oxygens (including phenoxy) is 3. The minimum atomic E-state index is 0.597. The van der Waals surface area contributed by atoms with Gasteiger partial charge < -0.3 is 19.2 Å². The molecule has 0 amide bonds. The maximum absolute atomic E-state index is 5.46. The van der Waals surface area contributed by atoms with Gasteiger partial charge in [0, 0.05) is 17.7 Å². The molecule has 2 aromatic carbocycles. The Hall–Kier alpha value is -2.95. The zero-order valence-electron chi connectivity index (χ0n) is 16.3. The molecule has 0 aliphatic carbocycles. The molecule has 1 aromatic heterocycles. The molecule has 0 radical (unpaired) electrons. The maximum atomic E-state index is 5.46. The molecule has 27 heavy (non-hydrogen) atoms. The molecule has 0 bridgehead atoms. The zero-order valence-corrected chi connectivity index (χ0v) is 16.3. The summed E-state index contributed by atoms with van der Waals surface area (Å²) in [7, 11) is 4.86. The van der Waals surface area contributed by atoms with E-state index in [1.807, 2.05) is 30.3 Å². The Morgan fingerprint density at radius 1 is 0.926 bits per heavy atom. The third-order valence-electron chi connectivity index (χ3n) is 4.47. The average molecular weight is 366 g/mol. The van der Waals surface area contributed by atoms with Crippen LogP contribution in [0.4, 0.5) is 0 Å². The van der Waals surface area contributed by atoms with Gasteiger partial charge in [-0.25, -0.2) is 4.98 Å². The summed E-state index contributed by atoms with van der Waals surface area (Å²) in [6.45, 7) is 2.18. The zero-order chi connectivity index (χ0) is 19.2. The van der Waals surface area contributed by atoms with Gasteiger partial charge in [-0.05, 0) is 24.1 Å². The Kier molecular flexibility index (Phi) is 6.01. The first-order valence-electron chi connectivity index (χ1n) is 9.12. The molecular formula is C22H26N2O3. The number of rotatable bonds is 8. The second-order valence-corrected chi connectivity index (χ2v) is 6.34. The lowest BCUT2D eigenvalue weighted by molar-refractivity contribution is 0.324. The molecule has 0 fully saturated rings. The molecule has 0 spiro atoms. The predicted molar refractivity (Wildman–Crippen MR) is 107 cm³/mol. The second-order valence-electron chi connectivity index (χ2n) is 6.34. The second kappa shape index (κ2) is 8.62. The molecule has 5 nitrogen and oxygen atoms in total. The van der Waals surface area contributed by atoms with Crippen LogP contribution in [0.5, 0.6) is 17.2 Å². The van der Waals surface area contributed by atoms with Crippen LogP contribution in [-0.4, -0.2) is 31.3 Å². The molecule has 0 atom stereocenters. The number of aryl methyl sites for hydroxylation is 1. The van der Waals surface area contributed by atoms with Crippen LogP contribution in [0.25, 0.3) is 11.3 Å². The highest BCUT2D eigenvalue weighted by molar-refractivity contribution is 5.62. The average Bonchev–Trinajstić information content (AvgIpc) is 3.10. The summed E-state index contributed by atoms with van der Waals surface area (Å²) in [5, 5.41) is 0. The quantitative estimate of drug-likeness (QED) is 0.631. The van der Waals surface area contributed by atoms with Gasteiger partial charge in [-0.3, -0.25) is 0 Å². The van der Waals surface area contributed by atoms with E-state index in [-0.39, 0.29) is 0 Å². The van der Waals surface area contributed by atoms with Gasteiger partial charge in [0.2, 0.25) is 5.75 Å². The van der Waals surface area contributed by atoms with Crippen molar-refractivity contribution in [3.8, 4) is 28.5 Å². The molecule has 0 saturated heterocycles. The SMILES string of the molecule is CCCc1[nH]c(Cc2cc(OC)c(OC)c(OC)c2)nc1-c1ccccc1. The van der Waals surface area contributed by atoms with Crippen molar-refractivity contribution in [2.24, 2.45) is 0 Å². The van der Waals surface area contributed by atoms with Crippen molar-refractivity contribution in [2.45, 2.75) is 26.2 Å². The van der Waals surface area contributed by atoms with Gasteiger partial charge in [0.25, 0.3) is 0 Å². The third-order valence-corrected chi connectivity index (χ3v) is 4.47. The molecule has 0 aliphatic rings. The number of hydrogen-bond acceptors (Lipinski definition) is 4. The van der Waals surface area contributed by atoms with Crippen molar-refractivity contribution in [2.75, 3.05) is 21.3 Å². The fraction of sp³-hybridized carbons (Fsp3) is 0.318. The summed E-state index contributed by atoms with van der Waals surface area (Å²) in [5.74, 6) is 2.82. The Bertz CT molecular complexity index is 863. The van der Waals surface area contributed by atoms with E-state index in [0.717, 1.165) is 35.5 Å². The molecule has 1 heterocycles. The van der Waals surface area contributed by atoms with Crippen molar-refractivity contribution in [3.05, 3.63) is 59.5 Å². The fourth-order valence-electron chi connectivity index (χ4n) is 3.24. The highest BCUT2D eigenvalue weighted by atomic mass is 16.5. The van der Waals surface area contributed by atoms with Gasteiger partial charge >= 0.3 is 0 Å². The van der Waals surface area contributed by atoms with E-state index in [4.69, 9.17) is 19.2 Å². The number of aromatic nitrogens is 2. The molecule has 0 saturated carbocycles. The molecular weight excluding hydrogens is 340 g/mol. The highest BCUT2D eigenvalue weighted by Gasteiger charge is 2.16. The van der Waals surface area contributed by atoms with E-state index < -0.39 is 0 Å². The van der Waals surface area contributed by atoms with Crippen LogP contribution < -0.4 is 14.2 Å². The van der Waals surface area contributed by atoms with Crippen LogP contribution in [0.3, 0.4) is 0 Å². The predicted octanol–water partition coefficient (Wildman–Crippen LogP) is 4.65. The van der Waals surface area contributed by atoms with E-state index in [0.29, 0.717) is 23.7 Å². The van der Waals surface area contributed by atoms with Crippen molar-refractivity contribution in [1.29, 1.82) is 0 Å². The first kappa shape index (κ1) is 18.8. The monoisotopic (exact) mass is 366 g/mol. The van der Waals surface area contributed by atoms with Gasteiger partial charge in [-0.1, -0.05) is 43.7 Å². The molecule has 142 valence electrons. The molecule has 5 heteroatoms. The van der Waals surface area contributed by atoms with Crippen LogP contribution in [0, 0.1) is 0 Å². The van der Waals surface area contributed by atoms with Crippen molar-refractivity contribution < 1.29 is 14.2 Å². The van der Waals surface area contributed by atoms with E-state index in [2.05, 4.69) is 24.0 Å². The van der Waals surface area contributed by atoms with E-state index >= 15 is 0 Å². The number of methoxy groups -OCH3 is 3. The fourth-order valence-corrected chi connectivity index (χ4v) is 3.24. The minimum Gasteiger partial charge on any atom is -0.493 e. The minimum absolute atomic E-state index is 0.597. The summed E-state index contributed by atoms with van der Waals surface area (Å²) in [6, 6.07) is 14.2. The van der Waals surface area contributed by atoms with Crippen molar-refractivity contribution in [1.82, 2.24) is 9.97 Å². The maximum Gasteiger partial charge on any atom is 0.203 e. The number of aromatic amines is 1. The standard InChI is InChI=1S/C22H26N2O3/c1-5-9-17-21(16-10-7-6-8-11-16)24-20(23-17)14-15-12-18(25-2)22(27-4)19(13-15)26-3/h6-8,10-13H,5,9,14H2,1-4H3,(H,23,24). The normalized spacial score (nSPS) is 10.7. The van der Waals surface area contributed by atoms with Crippen LogP contribution in [-0.2, 0) is 12.8 Å². The first-order chi connectivity index (χ1) is 13.2. The van der Waals surface area contributed by atoms with Crippen LogP contribution in [0.1, 0.15) is 30.4 Å². The van der Waals surface area contributed by atoms with Gasteiger partial charge in [0.05, 0.1) is 27.0 Å². The lowest BCUT2D eigenvalue weighted by Gasteiger charge is -2.13. The number of hydrogen-bond donors (Lipinski definition) is 1. The van der Waals surface area contributed by atoms with Crippen LogP contribution in [0.15, 0.2) is 42.5 Å². The lowest BCUT2D eigenvalue weighted by Crippen LogP contribution is -1.98. The molecule has 3 rings (SSSR count). The number of H-pyrrole nitrogens is 1. The van der Waals surface area contributed by atoms with E-state index in [9.17, 15) is 0 Å². The molecule has 0 aliphatic heterocycles. The van der Waals surface area contributed by atoms with E-state index in [1.165, 1.54) is 5.69 Å². The Labute approximate surface area is 160 Å². The van der Waals surface area contributed by atoms with Gasteiger partial charge in [-0.15, -0.1) is 0 Å². The molecule has 0 unspecified atom stereocenters. The summed E-state index contributed by atoms with van der Waals surface area (Å²) < 4.78 is 16.3. The summed E-state index contributed by atoms with van der Waals surface area (Å²) in [6.07, 6.45) is 2.68. The lowest BCUT2D eigenvalue weighted by atomic mass is 10.1. The van der Waals surface area contributed by atoms with Gasteiger partial charge in [-0.2, -0.15) is 0 Å². The number of imidazole rings is 1. The summed E-state index contributed by atoms with van der Waals surface area (Å²) in [4.78, 5) is 8.39. The smallest absolute Gasteiger partial charge is 0.203 e. The third kappa shape index (κ3) is 4.08. The van der Waals surface area contributed by atoms with Gasteiger partial charge in [0.1, 0.15) is 5.82 Å². The van der Waals surface area contributed by atoms with Crippen LogP contribution >= 0.6 is 0 Å². The highest BCUT2D eigenvalue weighted by Crippen LogP contribution is 2.38. The largest absolute Gasteiger partial charge is 0.493 e. The van der Waals surface area contributed by atoms with Crippen molar-refractivity contribution in [3.63, 3.8) is 0 Å². The molecule has 3 aromatic rings. The summed E-state index contributed by atoms with van der Waals surface area (Å²) >= 11 is 0. The van der Waals surface area contributed by atoms with Gasteiger partial charge in [0.15, 0.2) is 11.5 Å². The molecule has 1 N–H and O–H groups in total. The Balaban J connectivity index is 1.96. The first-order valence-corrected chi connectivity index (χ1v) is 9.12. The van der Waals surface area contributed by atoms with Crippen molar-refractivity contribution >= 4 is 0 Å². The topological polar surface area (TPSA) is 56.4 Å².